The molecule has 3 nitrogen and oxygen atoms in total. The molecule has 0 amide bonds. The molecule has 0 N–H and O–H groups in total. The molecule has 3 heteroatoms. The van der Waals surface area contributed by atoms with Crippen molar-refractivity contribution in [3.63, 3.8) is 0 Å². The molecule has 1 aromatic rings. The van der Waals surface area contributed by atoms with Crippen molar-refractivity contribution in [2.24, 2.45) is 0 Å². The first-order valence-corrected chi connectivity index (χ1v) is 5.00. The van der Waals surface area contributed by atoms with Crippen LogP contribution >= 0.6 is 0 Å². The zero-order valence-electron chi connectivity index (χ0n) is 8.70. The van der Waals surface area contributed by atoms with E-state index in [1.165, 1.54) is 19.0 Å². The third-order valence-corrected chi connectivity index (χ3v) is 2.28. The SMILES string of the molecule is CCCCC(C)c1cnc(C#N)cn1. The maximum absolute atomic E-state index is 8.56. The number of hydrogen-bond donors (Lipinski definition) is 0. The van der Waals surface area contributed by atoms with Crippen LogP contribution in [0, 0.1) is 11.3 Å². The molecule has 1 rings (SSSR count). The third-order valence-electron chi connectivity index (χ3n) is 2.28. The summed E-state index contributed by atoms with van der Waals surface area (Å²) >= 11 is 0. The van der Waals surface area contributed by atoms with Crippen molar-refractivity contribution in [3.8, 4) is 6.07 Å². The molecule has 1 aromatic heterocycles. The van der Waals surface area contributed by atoms with Crippen LogP contribution in [0.25, 0.3) is 0 Å². The smallest absolute Gasteiger partial charge is 0.158 e. The lowest BCUT2D eigenvalue weighted by molar-refractivity contribution is 0.609. The van der Waals surface area contributed by atoms with Gasteiger partial charge in [0, 0.05) is 0 Å². The minimum absolute atomic E-state index is 0.386. The van der Waals surface area contributed by atoms with E-state index < -0.39 is 0 Å². The van der Waals surface area contributed by atoms with Crippen LogP contribution in [0.3, 0.4) is 0 Å². The molecule has 0 aliphatic carbocycles. The zero-order valence-corrected chi connectivity index (χ0v) is 8.70. The molecule has 1 atom stereocenters. The van der Waals surface area contributed by atoms with E-state index in [0.717, 1.165) is 12.1 Å². The summed E-state index contributed by atoms with van der Waals surface area (Å²) in [7, 11) is 0. The van der Waals surface area contributed by atoms with Gasteiger partial charge in [0.1, 0.15) is 6.07 Å². The monoisotopic (exact) mass is 189 g/mol. The van der Waals surface area contributed by atoms with Crippen LogP contribution in [0.2, 0.25) is 0 Å². The Labute approximate surface area is 84.8 Å². The van der Waals surface area contributed by atoms with Gasteiger partial charge in [0.25, 0.3) is 0 Å². The number of aromatic nitrogens is 2. The molecule has 0 radical (unpaired) electrons. The van der Waals surface area contributed by atoms with E-state index >= 15 is 0 Å². The van der Waals surface area contributed by atoms with Crippen molar-refractivity contribution in [2.45, 2.75) is 39.0 Å². The second-order valence-electron chi connectivity index (χ2n) is 3.48. The lowest BCUT2D eigenvalue weighted by Gasteiger charge is -2.08. The van der Waals surface area contributed by atoms with Gasteiger partial charge in [0.05, 0.1) is 18.1 Å². The number of unbranched alkanes of at least 4 members (excludes halogenated alkanes) is 1. The molecule has 1 heterocycles. The number of rotatable bonds is 4. The van der Waals surface area contributed by atoms with Crippen LogP contribution < -0.4 is 0 Å². The highest BCUT2D eigenvalue weighted by atomic mass is 14.8. The first kappa shape index (κ1) is 10.6. The largest absolute Gasteiger partial charge is 0.256 e. The molecule has 0 saturated heterocycles. The highest BCUT2D eigenvalue weighted by Gasteiger charge is 2.06. The molecule has 0 aliphatic rings. The van der Waals surface area contributed by atoms with E-state index in [1.54, 1.807) is 6.20 Å². The molecule has 0 spiro atoms. The minimum Gasteiger partial charge on any atom is -0.256 e. The average molecular weight is 189 g/mol. The standard InChI is InChI=1S/C11H15N3/c1-3-4-5-9(2)11-8-13-10(6-12)7-14-11/h7-9H,3-5H2,1-2H3. The van der Waals surface area contributed by atoms with Crippen LogP contribution in [0.4, 0.5) is 0 Å². The van der Waals surface area contributed by atoms with E-state index in [-0.39, 0.29) is 0 Å². The summed E-state index contributed by atoms with van der Waals surface area (Å²) in [6.45, 7) is 4.32. The van der Waals surface area contributed by atoms with E-state index in [2.05, 4.69) is 23.8 Å². The fraction of sp³-hybridized carbons (Fsp3) is 0.545. The number of nitrogens with zero attached hydrogens (tertiary/aromatic N) is 3. The number of hydrogen-bond acceptors (Lipinski definition) is 3. The fourth-order valence-corrected chi connectivity index (χ4v) is 1.31. The summed E-state index contributed by atoms with van der Waals surface area (Å²) in [6, 6.07) is 1.96. The van der Waals surface area contributed by atoms with Gasteiger partial charge in [-0.2, -0.15) is 5.26 Å². The first-order valence-electron chi connectivity index (χ1n) is 5.00. The Kier molecular flexibility index (Phi) is 4.06. The molecule has 74 valence electrons. The summed E-state index contributed by atoms with van der Waals surface area (Å²) in [5.74, 6) is 0.440. The van der Waals surface area contributed by atoms with Crippen LogP contribution in [0.5, 0.6) is 0 Å². The predicted molar refractivity (Wildman–Crippen MR) is 54.7 cm³/mol. The van der Waals surface area contributed by atoms with Crippen molar-refractivity contribution >= 4 is 0 Å². The molecule has 0 aliphatic heterocycles. The van der Waals surface area contributed by atoms with Gasteiger partial charge < -0.3 is 0 Å². The molecule has 14 heavy (non-hydrogen) atoms. The summed E-state index contributed by atoms with van der Waals surface area (Å²) in [5, 5.41) is 8.56. The highest BCUT2D eigenvalue weighted by Crippen LogP contribution is 2.18. The summed E-state index contributed by atoms with van der Waals surface area (Å²) in [5.41, 5.74) is 1.37. The minimum atomic E-state index is 0.386. The first-order chi connectivity index (χ1) is 6.77. The van der Waals surface area contributed by atoms with Crippen molar-refractivity contribution in [2.75, 3.05) is 0 Å². The molecular weight excluding hydrogens is 174 g/mol. The Morgan fingerprint density at radius 2 is 2.21 bits per heavy atom. The van der Waals surface area contributed by atoms with Gasteiger partial charge in [0.15, 0.2) is 5.69 Å². The molecule has 0 fully saturated rings. The van der Waals surface area contributed by atoms with Crippen LogP contribution in [-0.2, 0) is 0 Å². The van der Waals surface area contributed by atoms with E-state index in [0.29, 0.717) is 11.6 Å². The molecule has 0 aromatic carbocycles. The van der Waals surface area contributed by atoms with Gasteiger partial charge in [-0.3, -0.25) is 4.98 Å². The second-order valence-corrected chi connectivity index (χ2v) is 3.48. The molecular formula is C11H15N3. The van der Waals surface area contributed by atoms with Gasteiger partial charge in [-0.1, -0.05) is 26.7 Å². The van der Waals surface area contributed by atoms with Crippen molar-refractivity contribution in [1.29, 1.82) is 5.26 Å². The normalized spacial score (nSPS) is 12.1. The Morgan fingerprint density at radius 1 is 1.43 bits per heavy atom. The third kappa shape index (κ3) is 2.81. The van der Waals surface area contributed by atoms with E-state index in [1.807, 2.05) is 6.07 Å². The number of nitriles is 1. The van der Waals surface area contributed by atoms with Crippen molar-refractivity contribution < 1.29 is 0 Å². The lowest BCUT2D eigenvalue weighted by atomic mass is 10.0. The fourth-order valence-electron chi connectivity index (χ4n) is 1.31. The van der Waals surface area contributed by atoms with Crippen molar-refractivity contribution in [3.05, 3.63) is 23.8 Å². The van der Waals surface area contributed by atoms with Crippen LogP contribution in [-0.4, -0.2) is 9.97 Å². The Balaban J connectivity index is 2.63. The van der Waals surface area contributed by atoms with Gasteiger partial charge in [-0.25, -0.2) is 4.98 Å². The second kappa shape index (κ2) is 5.33. The summed E-state index contributed by atoms with van der Waals surface area (Å²) in [4.78, 5) is 8.22. The Morgan fingerprint density at radius 3 is 2.71 bits per heavy atom. The lowest BCUT2D eigenvalue weighted by Crippen LogP contribution is -1.98. The van der Waals surface area contributed by atoms with Gasteiger partial charge in [0.2, 0.25) is 0 Å². The molecule has 1 unspecified atom stereocenters. The predicted octanol–water partition coefficient (Wildman–Crippen LogP) is 2.64. The summed E-state index contributed by atoms with van der Waals surface area (Å²) < 4.78 is 0. The van der Waals surface area contributed by atoms with Gasteiger partial charge in [-0.05, 0) is 12.3 Å². The highest BCUT2D eigenvalue weighted by molar-refractivity contribution is 5.17. The van der Waals surface area contributed by atoms with Crippen LogP contribution in [0.1, 0.15) is 50.4 Å². The van der Waals surface area contributed by atoms with E-state index in [9.17, 15) is 0 Å². The maximum atomic E-state index is 8.56. The molecule has 0 saturated carbocycles. The Hall–Kier alpha value is -1.43. The van der Waals surface area contributed by atoms with Gasteiger partial charge in [-0.15, -0.1) is 0 Å². The van der Waals surface area contributed by atoms with E-state index in [4.69, 9.17) is 5.26 Å². The summed E-state index contributed by atoms with van der Waals surface area (Å²) in [6.07, 6.45) is 6.80. The van der Waals surface area contributed by atoms with Crippen molar-refractivity contribution in [1.82, 2.24) is 9.97 Å². The zero-order chi connectivity index (χ0) is 10.4. The Bertz CT molecular complexity index is 310. The maximum Gasteiger partial charge on any atom is 0.158 e. The topological polar surface area (TPSA) is 49.6 Å². The quantitative estimate of drug-likeness (QED) is 0.731. The molecule has 0 bridgehead atoms. The average Bonchev–Trinajstić information content (AvgIpc) is 2.26. The van der Waals surface area contributed by atoms with Crippen LogP contribution in [0.15, 0.2) is 12.4 Å². The van der Waals surface area contributed by atoms with Gasteiger partial charge >= 0.3 is 0 Å².